The Morgan fingerprint density at radius 1 is 1.25 bits per heavy atom. The fraction of sp³-hybridized carbons (Fsp3) is 0.571. The normalized spacial score (nSPS) is 15.3. The van der Waals surface area contributed by atoms with Crippen LogP contribution < -0.4 is 19.5 Å². The lowest BCUT2D eigenvalue weighted by atomic mass is 9.94. The number of amides is 2. The minimum absolute atomic E-state index is 0.0334. The van der Waals surface area contributed by atoms with Gasteiger partial charge in [0.15, 0.2) is 4.90 Å². The van der Waals surface area contributed by atoms with Crippen molar-refractivity contribution in [2.24, 2.45) is 5.41 Å². The van der Waals surface area contributed by atoms with Crippen LogP contribution in [0.5, 0.6) is 11.8 Å². The fourth-order valence-corrected chi connectivity index (χ4v) is 4.49. The van der Waals surface area contributed by atoms with Crippen LogP contribution in [0, 0.1) is 5.41 Å². The van der Waals surface area contributed by atoms with Gasteiger partial charge < -0.3 is 14.8 Å². The molecule has 0 unspecified atom stereocenters. The highest BCUT2D eigenvalue weighted by molar-refractivity contribution is 7.90. The van der Waals surface area contributed by atoms with E-state index in [4.69, 9.17) is 9.47 Å². The number of sulfonamides is 1. The monoisotopic (exact) mass is 465 g/mol. The van der Waals surface area contributed by atoms with Crippen molar-refractivity contribution in [1.82, 2.24) is 19.5 Å². The standard InChI is InChI=1S/C21H31N5O5S/c1-12(2)14-8-16(30-7)23-17(13(3)4)18(14)24-20(27)25-32(28,29)15-9-22-26-10-21(5,6)11-31-19(15)26/h8-9,12-13H,10-11H2,1-7H3,(H2,24,25,27). The van der Waals surface area contributed by atoms with Gasteiger partial charge in [0, 0.05) is 11.5 Å². The molecule has 1 aliphatic heterocycles. The maximum atomic E-state index is 12.9. The van der Waals surface area contributed by atoms with Gasteiger partial charge in [-0.1, -0.05) is 41.5 Å². The largest absolute Gasteiger partial charge is 0.481 e. The molecule has 0 saturated carbocycles. The smallest absolute Gasteiger partial charge is 0.333 e. The first kappa shape index (κ1) is 23.8. The van der Waals surface area contributed by atoms with E-state index in [1.807, 2.05) is 41.5 Å². The quantitative estimate of drug-likeness (QED) is 0.669. The van der Waals surface area contributed by atoms with E-state index < -0.39 is 16.1 Å². The van der Waals surface area contributed by atoms with E-state index >= 15 is 0 Å². The van der Waals surface area contributed by atoms with Crippen LogP contribution in [0.4, 0.5) is 10.5 Å². The van der Waals surface area contributed by atoms with Crippen molar-refractivity contribution in [3.8, 4) is 11.8 Å². The van der Waals surface area contributed by atoms with Crippen LogP contribution in [-0.4, -0.2) is 42.9 Å². The minimum atomic E-state index is -4.21. The van der Waals surface area contributed by atoms with Crippen molar-refractivity contribution in [2.45, 2.75) is 64.8 Å². The molecule has 10 nitrogen and oxygen atoms in total. The highest BCUT2D eigenvalue weighted by atomic mass is 32.2. The summed E-state index contributed by atoms with van der Waals surface area (Å²) >= 11 is 0. The van der Waals surface area contributed by atoms with Gasteiger partial charge in [-0.15, -0.1) is 0 Å². The number of ether oxygens (including phenoxy) is 2. The summed E-state index contributed by atoms with van der Waals surface area (Å²) in [5.74, 6) is 0.564. The predicted molar refractivity (Wildman–Crippen MR) is 120 cm³/mol. The number of rotatable bonds is 6. The molecule has 176 valence electrons. The number of urea groups is 1. The molecule has 11 heteroatoms. The number of nitrogens with one attached hydrogen (secondary N) is 2. The van der Waals surface area contributed by atoms with Crippen LogP contribution in [0.3, 0.4) is 0 Å². The van der Waals surface area contributed by atoms with Crippen molar-refractivity contribution in [3.63, 3.8) is 0 Å². The maximum Gasteiger partial charge on any atom is 0.333 e. The zero-order chi connectivity index (χ0) is 23.8. The average Bonchev–Trinajstić information content (AvgIpc) is 3.09. The molecule has 0 radical (unpaired) electrons. The third-order valence-electron chi connectivity index (χ3n) is 5.12. The molecule has 0 aliphatic carbocycles. The molecule has 2 aromatic rings. The molecule has 3 rings (SSSR count). The number of fused-ring (bicyclic) bond motifs is 1. The molecule has 0 saturated heterocycles. The fourth-order valence-electron chi connectivity index (χ4n) is 3.50. The minimum Gasteiger partial charge on any atom is -0.481 e. The Morgan fingerprint density at radius 3 is 2.53 bits per heavy atom. The number of anilines is 1. The first-order valence-electron chi connectivity index (χ1n) is 10.5. The zero-order valence-corrected chi connectivity index (χ0v) is 20.3. The Bertz CT molecular complexity index is 1090. The van der Waals surface area contributed by atoms with Gasteiger partial charge in [-0.2, -0.15) is 5.10 Å². The average molecular weight is 466 g/mol. The highest BCUT2D eigenvalue weighted by Crippen LogP contribution is 2.35. The van der Waals surface area contributed by atoms with E-state index in [0.717, 1.165) is 5.56 Å². The number of pyridine rings is 1. The van der Waals surface area contributed by atoms with Gasteiger partial charge in [0.25, 0.3) is 10.0 Å². The van der Waals surface area contributed by atoms with Crippen LogP contribution in [0.2, 0.25) is 0 Å². The molecule has 3 heterocycles. The summed E-state index contributed by atoms with van der Waals surface area (Å²) in [6, 6.07) is 0.849. The molecule has 0 atom stereocenters. The summed E-state index contributed by atoms with van der Waals surface area (Å²) in [6.45, 7) is 12.7. The Balaban J connectivity index is 1.89. The molecule has 0 aromatic carbocycles. The van der Waals surface area contributed by atoms with Gasteiger partial charge in [-0.3, -0.25) is 0 Å². The van der Waals surface area contributed by atoms with Gasteiger partial charge in [0.2, 0.25) is 11.8 Å². The number of carbonyl (C=O) groups is 1. The second kappa shape index (κ2) is 8.61. The predicted octanol–water partition coefficient (Wildman–Crippen LogP) is 3.46. The van der Waals surface area contributed by atoms with E-state index in [1.165, 1.54) is 18.0 Å². The first-order chi connectivity index (χ1) is 14.8. The van der Waals surface area contributed by atoms with Crippen LogP contribution in [0.1, 0.15) is 64.6 Å². The maximum absolute atomic E-state index is 12.9. The molecular weight excluding hydrogens is 434 g/mol. The SMILES string of the molecule is COc1cc(C(C)C)c(NC(=O)NS(=O)(=O)c2cnn3c2OCC(C)(C)C3)c(C(C)C)n1. The second-order valence-electron chi connectivity index (χ2n) is 9.31. The third kappa shape index (κ3) is 4.82. The number of hydrogen-bond donors (Lipinski definition) is 2. The molecule has 2 amide bonds. The van der Waals surface area contributed by atoms with Crippen LogP contribution in [-0.2, 0) is 16.6 Å². The lowest BCUT2D eigenvalue weighted by Crippen LogP contribution is -2.36. The van der Waals surface area contributed by atoms with E-state index in [0.29, 0.717) is 30.4 Å². The van der Waals surface area contributed by atoms with Gasteiger partial charge >= 0.3 is 6.03 Å². The van der Waals surface area contributed by atoms with E-state index in [9.17, 15) is 13.2 Å². The molecule has 2 aromatic heterocycles. The summed E-state index contributed by atoms with van der Waals surface area (Å²) in [4.78, 5) is 17.1. The lowest BCUT2D eigenvalue weighted by Gasteiger charge is -2.30. The molecule has 0 fully saturated rings. The summed E-state index contributed by atoms with van der Waals surface area (Å²) in [5.41, 5.74) is 1.70. The second-order valence-corrected chi connectivity index (χ2v) is 11.0. The van der Waals surface area contributed by atoms with Crippen LogP contribution >= 0.6 is 0 Å². The topological polar surface area (TPSA) is 124 Å². The Hall–Kier alpha value is -2.82. The zero-order valence-electron chi connectivity index (χ0n) is 19.5. The van der Waals surface area contributed by atoms with E-state index in [-0.39, 0.29) is 28.0 Å². The molecule has 1 aliphatic rings. The van der Waals surface area contributed by atoms with Crippen molar-refractivity contribution in [3.05, 3.63) is 23.5 Å². The van der Waals surface area contributed by atoms with E-state index in [2.05, 4.69) is 20.1 Å². The summed E-state index contributed by atoms with van der Waals surface area (Å²) < 4.78 is 40.4. The van der Waals surface area contributed by atoms with Gasteiger partial charge in [0.1, 0.15) is 0 Å². The Morgan fingerprint density at radius 2 is 1.94 bits per heavy atom. The lowest BCUT2D eigenvalue weighted by molar-refractivity contribution is 0.0970. The highest BCUT2D eigenvalue weighted by Gasteiger charge is 2.34. The van der Waals surface area contributed by atoms with Gasteiger partial charge in [0.05, 0.1) is 37.8 Å². The first-order valence-corrected chi connectivity index (χ1v) is 11.9. The van der Waals surface area contributed by atoms with Gasteiger partial charge in [-0.25, -0.2) is 27.6 Å². The number of aromatic nitrogens is 3. The molecule has 32 heavy (non-hydrogen) atoms. The van der Waals surface area contributed by atoms with E-state index in [1.54, 1.807) is 6.07 Å². The number of methoxy groups -OCH3 is 1. The molecule has 2 N–H and O–H groups in total. The van der Waals surface area contributed by atoms with Crippen molar-refractivity contribution in [1.29, 1.82) is 0 Å². The number of nitrogens with zero attached hydrogens (tertiary/aromatic N) is 3. The van der Waals surface area contributed by atoms with Crippen LogP contribution in [0.25, 0.3) is 0 Å². The van der Waals surface area contributed by atoms with Crippen LogP contribution in [0.15, 0.2) is 17.2 Å². The van der Waals surface area contributed by atoms with Gasteiger partial charge in [-0.05, 0) is 17.4 Å². The summed E-state index contributed by atoms with van der Waals surface area (Å²) in [7, 11) is -2.68. The Labute approximate surface area is 188 Å². The molecule has 0 spiro atoms. The third-order valence-corrected chi connectivity index (χ3v) is 6.44. The molecular formula is C21H31N5O5S. The Kier molecular flexibility index (Phi) is 6.41. The van der Waals surface area contributed by atoms with Crippen molar-refractivity contribution < 1.29 is 22.7 Å². The van der Waals surface area contributed by atoms with Crippen molar-refractivity contribution >= 4 is 21.7 Å². The summed E-state index contributed by atoms with van der Waals surface area (Å²) in [6.07, 6.45) is 1.19. The van der Waals surface area contributed by atoms with Crippen molar-refractivity contribution in [2.75, 3.05) is 19.0 Å². The number of carbonyl (C=O) groups excluding carboxylic acids is 1. The summed E-state index contributed by atoms with van der Waals surface area (Å²) in [5, 5.41) is 6.81. The number of hydrogen-bond acceptors (Lipinski definition) is 7. The molecule has 0 bridgehead atoms.